The fourth-order valence-electron chi connectivity index (χ4n) is 4.39. The van der Waals surface area contributed by atoms with Crippen LogP contribution < -0.4 is 5.32 Å². The highest BCUT2D eigenvalue weighted by Crippen LogP contribution is 2.39. The van der Waals surface area contributed by atoms with Crippen molar-refractivity contribution >= 4 is 6.03 Å². The zero-order valence-corrected chi connectivity index (χ0v) is 19.0. The molecule has 34 heavy (non-hydrogen) atoms. The summed E-state index contributed by atoms with van der Waals surface area (Å²) >= 11 is 0. The number of benzene rings is 2. The summed E-state index contributed by atoms with van der Waals surface area (Å²) in [6, 6.07) is 8.92. The molecule has 2 aromatic carbocycles. The van der Waals surface area contributed by atoms with E-state index in [9.17, 15) is 31.1 Å². The Kier molecular flexibility index (Phi) is 7.50. The van der Waals surface area contributed by atoms with Gasteiger partial charge in [0.25, 0.3) is 0 Å². The number of amides is 2. The lowest BCUT2D eigenvalue weighted by Gasteiger charge is -2.44. The van der Waals surface area contributed by atoms with Crippen molar-refractivity contribution in [1.82, 2.24) is 15.1 Å². The Morgan fingerprint density at radius 3 is 2.09 bits per heavy atom. The SMILES string of the molecule is CN[C@@H]1CCCN(C(=O)N(C)C(C)c2cc(C(F)(F)F)cc(C(F)(F)F)c2)[C@H]1c1ccccc1. The Balaban J connectivity index is 1.95. The quantitative estimate of drug-likeness (QED) is 0.517. The molecule has 0 saturated carbocycles. The number of hydrogen-bond donors (Lipinski definition) is 1. The van der Waals surface area contributed by atoms with Crippen LogP contribution in [0.25, 0.3) is 0 Å². The van der Waals surface area contributed by atoms with E-state index in [2.05, 4.69) is 5.32 Å². The number of likely N-dealkylation sites (N-methyl/N-ethyl adjacent to an activating group) is 1. The second kappa shape index (κ2) is 9.85. The summed E-state index contributed by atoms with van der Waals surface area (Å²) in [5, 5.41) is 3.22. The minimum absolute atomic E-state index is 0.0470. The van der Waals surface area contributed by atoms with Crippen LogP contribution in [0.3, 0.4) is 0 Å². The minimum atomic E-state index is -4.95. The van der Waals surface area contributed by atoms with Crippen LogP contribution in [-0.2, 0) is 12.4 Å². The third kappa shape index (κ3) is 5.48. The fourth-order valence-corrected chi connectivity index (χ4v) is 4.39. The molecule has 186 valence electrons. The summed E-state index contributed by atoms with van der Waals surface area (Å²) in [5.41, 5.74) is -2.15. The number of carbonyl (C=O) groups is 1. The summed E-state index contributed by atoms with van der Waals surface area (Å²) in [4.78, 5) is 16.3. The minimum Gasteiger partial charge on any atom is -0.321 e. The van der Waals surface area contributed by atoms with Crippen molar-refractivity contribution in [3.8, 4) is 0 Å². The second-order valence-corrected chi connectivity index (χ2v) is 8.49. The van der Waals surface area contributed by atoms with Gasteiger partial charge in [0.1, 0.15) is 0 Å². The topological polar surface area (TPSA) is 35.6 Å². The fraction of sp³-hybridized carbons (Fsp3) is 0.458. The van der Waals surface area contributed by atoms with Gasteiger partial charge in [0, 0.05) is 19.6 Å². The lowest BCUT2D eigenvalue weighted by molar-refractivity contribution is -0.143. The summed E-state index contributed by atoms with van der Waals surface area (Å²) in [6.45, 7) is 1.84. The Labute approximate surface area is 194 Å². The molecule has 4 nitrogen and oxygen atoms in total. The number of alkyl halides is 6. The highest BCUT2D eigenvalue weighted by Gasteiger charge is 2.39. The third-order valence-electron chi connectivity index (χ3n) is 6.36. The molecular weight excluding hydrogens is 460 g/mol. The van der Waals surface area contributed by atoms with Crippen molar-refractivity contribution in [1.29, 1.82) is 0 Å². The molecule has 3 atom stereocenters. The highest BCUT2D eigenvalue weighted by molar-refractivity contribution is 5.75. The van der Waals surface area contributed by atoms with Crippen LogP contribution in [0.1, 0.15) is 54.1 Å². The maximum atomic E-state index is 13.5. The molecule has 0 aromatic heterocycles. The standard InChI is InChI=1S/C24H27F6N3O/c1-15(17-12-18(23(25,26)27)14-19(13-17)24(28,29)30)32(3)22(34)33-11-7-10-20(31-2)21(33)16-8-5-4-6-9-16/h4-6,8-9,12-15,20-21,31H,7,10-11H2,1-3H3/t15?,20-,21+/m1/s1. The number of carbonyl (C=O) groups excluding carboxylic acids is 1. The number of piperidine rings is 1. The molecule has 2 aromatic rings. The zero-order chi connectivity index (χ0) is 25.3. The lowest BCUT2D eigenvalue weighted by Crippen LogP contribution is -2.53. The molecule has 0 spiro atoms. The number of rotatable bonds is 4. The average Bonchev–Trinajstić information content (AvgIpc) is 2.81. The van der Waals surface area contributed by atoms with Crippen LogP contribution >= 0.6 is 0 Å². The lowest BCUT2D eigenvalue weighted by atomic mass is 9.90. The van der Waals surface area contributed by atoms with Gasteiger partial charge in [0.05, 0.1) is 23.2 Å². The first-order valence-electron chi connectivity index (χ1n) is 10.9. The van der Waals surface area contributed by atoms with E-state index in [1.807, 2.05) is 30.3 Å². The second-order valence-electron chi connectivity index (χ2n) is 8.49. The smallest absolute Gasteiger partial charge is 0.321 e. The summed E-state index contributed by atoms with van der Waals surface area (Å²) < 4.78 is 79.8. The molecule has 1 aliphatic rings. The third-order valence-corrected chi connectivity index (χ3v) is 6.36. The van der Waals surface area contributed by atoms with E-state index in [-0.39, 0.29) is 23.7 Å². The summed E-state index contributed by atoms with van der Waals surface area (Å²) in [5.74, 6) is 0. The van der Waals surface area contributed by atoms with Gasteiger partial charge in [-0.2, -0.15) is 26.3 Å². The van der Waals surface area contributed by atoms with E-state index in [0.29, 0.717) is 25.1 Å². The van der Waals surface area contributed by atoms with Crippen molar-refractivity contribution in [3.63, 3.8) is 0 Å². The van der Waals surface area contributed by atoms with Crippen LogP contribution in [0, 0.1) is 0 Å². The number of urea groups is 1. The van der Waals surface area contributed by atoms with Crippen molar-refractivity contribution in [2.24, 2.45) is 0 Å². The molecule has 1 aliphatic heterocycles. The van der Waals surface area contributed by atoms with Gasteiger partial charge in [-0.15, -0.1) is 0 Å². The molecule has 0 bridgehead atoms. The van der Waals surface area contributed by atoms with Crippen molar-refractivity contribution in [2.75, 3.05) is 20.6 Å². The van der Waals surface area contributed by atoms with E-state index in [1.165, 1.54) is 18.9 Å². The number of nitrogens with one attached hydrogen (secondary N) is 1. The predicted octanol–water partition coefficient (Wildman–Crippen LogP) is 6.26. The molecule has 2 amide bonds. The van der Waals surface area contributed by atoms with Gasteiger partial charge in [-0.3, -0.25) is 0 Å². The largest absolute Gasteiger partial charge is 0.416 e. The monoisotopic (exact) mass is 487 g/mol. The number of nitrogens with zero attached hydrogens (tertiary/aromatic N) is 2. The van der Waals surface area contributed by atoms with E-state index in [0.717, 1.165) is 12.0 Å². The van der Waals surface area contributed by atoms with Crippen LogP contribution in [0.5, 0.6) is 0 Å². The van der Waals surface area contributed by atoms with Crippen molar-refractivity contribution in [3.05, 3.63) is 70.8 Å². The maximum absolute atomic E-state index is 13.5. The van der Waals surface area contributed by atoms with Gasteiger partial charge in [-0.05, 0) is 56.1 Å². The van der Waals surface area contributed by atoms with E-state index >= 15 is 0 Å². The van der Waals surface area contributed by atoms with E-state index < -0.39 is 35.6 Å². The first-order chi connectivity index (χ1) is 15.8. The normalized spacial score (nSPS) is 20.2. The van der Waals surface area contributed by atoms with Crippen LogP contribution in [0.2, 0.25) is 0 Å². The molecule has 1 saturated heterocycles. The summed E-state index contributed by atoms with van der Waals surface area (Å²) in [6.07, 6.45) is -8.38. The Morgan fingerprint density at radius 2 is 1.59 bits per heavy atom. The van der Waals surface area contributed by atoms with Crippen molar-refractivity contribution < 1.29 is 31.1 Å². The van der Waals surface area contributed by atoms with Gasteiger partial charge >= 0.3 is 18.4 Å². The molecule has 1 unspecified atom stereocenters. The number of likely N-dealkylation sites (tertiary alicyclic amines) is 1. The Hall–Kier alpha value is -2.75. The maximum Gasteiger partial charge on any atom is 0.416 e. The Bertz CT molecular complexity index is 960. The summed E-state index contributed by atoms with van der Waals surface area (Å²) in [7, 11) is 3.19. The van der Waals surface area contributed by atoms with E-state index in [1.54, 1.807) is 11.9 Å². The molecule has 10 heteroatoms. The first kappa shape index (κ1) is 25.9. The molecule has 1 N–H and O–H groups in total. The molecule has 1 fully saturated rings. The molecule has 3 rings (SSSR count). The molecule has 0 radical (unpaired) electrons. The van der Waals surface area contributed by atoms with Gasteiger partial charge in [0.2, 0.25) is 0 Å². The van der Waals surface area contributed by atoms with Gasteiger partial charge in [-0.1, -0.05) is 30.3 Å². The van der Waals surface area contributed by atoms with Gasteiger partial charge in [-0.25, -0.2) is 4.79 Å². The average molecular weight is 487 g/mol. The molecular formula is C24H27F6N3O. The van der Waals surface area contributed by atoms with Crippen LogP contribution in [0.4, 0.5) is 31.1 Å². The van der Waals surface area contributed by atoms with Gasteiger partial charge in [0.15, 0.2) is 0 Å². The van der Waals surface area contributed by atoms with Crippen LogP contribution in [-0.4, -0.2) is 42.5 Å². The first-order valence-corrected chi connectivity index (χ1v) is 10.9. The predicted molar refractivity (Wildman–Crippen MR) is 116 cm³/mol. The molecule has 0 aliphatic carbocycles. The number of halogens is 6. The van der Waals surface area contributed by atoms with Crippen molar-refractivity contribution in [2.45, 2.75) is 50.2 Å². The molecule has 1 heterocycles. The van der Waals surface area contributed by atoms with E-state index in [4.69, 9.17) is 0 Å². The Morgan fingerprint density at radius 1 is 1.03 bits per heavy atom. The highest BCUT2D eigenvalue weighted by atomic mass is 19.4. The van der Waals surface area contributed by atoms with Gasteiger partial charge < -0.3 is 15.1 Å². The zero-order valence-electron chi connectivity index (χ0n) is 19.0. The van der Waals surface area contributed by atoms with Crippen LogP contribution in [0.15, 0.2) is 48.5 Å². The number of hydrogen-bond acceptors (Lipinski definition) is 2.